The minimum atomic E-state index is -0.0686. The van der Waals surface area contributed by atoms with Gasteiger partial charge >= 0.3 is 0 Å². The summed E-state index contributed by atoms with van der Waals surface area (Å²) >= 11 is 0. The highest BCUT2D eigenvalue weighted by molar-refractivity contribution is 6.09. The number of aromatic nitrogens is 1. The average Bonchev–Trinajstić information content (AvgIpc) is 2.94. The highest BCUT2D eigenvalue weighted by Gasteiger charge is 2.28. The van der Waals surface area contributed by atoms with Crippen LogP contribution in [0.5, 0.6) is 0 Å². The first-order valence-electron chi connectivity index (χ1n) is 8.05. The van der Waals surface area contributed by atoms with E-state index in [1.54, 1.807) is 10.8 Å². The SMILES string of the molecule is CCC1CCCCN1C(=O)c1cn(C(C)=O)c2ccccc12. The first-order valence-corrected chi connectivity index (χ1v) is 8.05. The van der Waals surface area contributed by atoms with E-state index in [1.807, 2.05) is 29.2 Å². The lowest BCUT2D eigenvalue weighted by atomic mass is 9.99. The molecule has 0 radical (unpaired) electrons. The first-order chi connectivity index (χ1) is 10.6. The molecule has 1 aromatic carbocycles. The molecule has 3 rings (SSSR count). The van der Waals surface area contributed by atoms with Crippen molar-refractivity contribution in [2.24, 2.45) is 0 Å². The maximum atomic E-state index is 13.0. The Kier molecular flexibility index (Phi) is 4.01. The van der Waals surface area contributed by atoms with E-state index in [4.69, 9.17) is 0 Å². The zero-order valence-electron chi connectivity index (χ0n) is 13.2. The second-order valence-electron chi connectivity index (χ2n) is 6.01. The molecule has 1 aliphatic rings. The molecule has 4 heteroatoms. The van der Waals surface area contributed by atoms with Gasteiger partial charge in [-0.25, -0.2) is 0 Å². The van der Waals surface area contributed by atoms with Gasteiger partial charge in [-0.15, -0.1) is 0 Å². The number of para-hydroxylation sites is 1. The maximum Gasteiger partial charge on any atom is 0.256 e. The van der Waals surface area contributed by atoms with Gasteiger partial charge in [0.25, 0.3) is 5.91 Å². The molecule has 4 nitrogen and oxygen atoms in total. The third-order valence-electron chi connectivity index (χ3n) is 4.64. The fraction of sp³-hybridized carbons (Fsp3) is 0.444. The number of rotatable bonds is 2. The van der Waals surface area contributed by atoms with Crippen molar-refractivity contribution >= 4 is 22.7 Å². The molecule has 1 unspecified atom stereocenters. The largest absolute Gasteiger partial charge is 0.336 e. The highest BCUT2D eigenvalue weighted by Crippen LogP contribution is 2.27. The lowest BCUT2D eigenvalue weighted by molar-refractivity contribution is 0.0610. The Bertz CT molecular complexity index is 717. The van der Waals surface area contributed by atoms with Crippen molar-refractivity contribution in [1.29, 1.82) is 0 Å². The van der Waals surface area contributed by atoms with Crippen LogP contribution in [-0.4, -0.2) is 33.9 Å². The molecule has 1 atom stereocenters. The summed E-state index contributed by atoms with van der Waals surface area (Å²) in [6, 6.07) is 7.94. The molecule has 0 aliphatic carbocycles. The molecule has 0 bridgehead atoms. The summed E-state index contributed by atoms with van der Waals surface area (Å²) in [6.07, 6.45) is 6.02. The highest BCUT2D eigenvalue weighted by atomic mass is 16.2. The van der Waals surface area contributed by atoms with Gasteiger partial charge in [-0.05, 0) is 31.7 Å². The molecular weight excluding hydrogens is 276 g/mol. The minimum absolute atomic E-state index is 0.0581. The summed E-state index contributed by atoms with van der Waals surface area (Å²) in [7, 11) is 0. The summed E-state index contributed by atoms with van der Waals surface area (Å²) in [4.78, 5) is 26.8. The molecule has 1 saturated heterocycles. The van der Waals surface area contributed by atoms with E-state index < -0.39 is 0 Å². The number of hydrogen-bond acceptors (Lipinski definition) is 2. The van der Waals surface area contributed by atoms with Crippen LogP contribution >= 0.6 is 0 Å². The van der Waals surface area contributed by atoms with E-state index in [2.05, 4.69) is 6.92 Å². The third-order valence-corrected chi connectivity index (χ3v) is 4.64. The van der Waals surface area contributed by atoms with Crippen LogP contribution in [0.3, 0.4) is 0 Å². The molecule has 0 saturated carbocycles. The number of carbonyl (C=O) groups excluding carboxylic acids is 2. The van der Waals surface area contributed by atoms with Crippen LogP contribution in [0.2, 0.25) is 0 Å². The summed E-state index contributed by atoms with van der Waals surface area (Å²) in [5.41, 5.74) is 1.45. The van der Waals surface area contributed by atoms with Crippen molar-refractivity contribution in [3.05, 3.63) is 36.0 Å². The molecular formula is C18H22N2O2. The molecule has 1 fully saturated rings. The lowest BCUT2D eigenvalue weighted by Gasteiger charge is -2.35. The smallest absolute Gasteiger partial charge is 0.256 e. The quantitative estimate of drug-likeness (QED) is 0.848. The van der Waals surface area contributed by atoms with Gasteiger partial charge in [-0.2, -0.15) is 0 Å². The lowest BCUT2D eigenvalue weighted by Crippen LogP contribution is -2.43. The normalized spacial score (nSPS) is 18.6. The monoisotopic (exact) mass is 298 g/mol. The number of fused-ring (bicyclic) bond motifs is 1. The average molecular weight is 298 g/mol. The Morgan fingerprint density at radius 1 is 1.23 bits per heavy atom. The summed E-state index contributed by atoms with van der Waals surface area (Å²) in [5.74, 6) is -0.0105. The van der Waals surface area contributed by atoms with Crippen molar-refractivity contribution in [2.75, 3.05) is 6.54 Å². The van der Waals surface area contributed by atoms with Crippen molar-refractivity contribution in [3.63, 3.8) is 0 Å². The Labute approximate surface area is 130 Å². The van der Waals surface area contributed by atoms with E-state index in [9.17, 15) is 9.59 Å². The molecule has 22 heavy (non-hydrogen) atoms. The number of piperidine rings is 1. The first kappa shape index (κ1) is 14.8. The summed E-state index contributed by atoms with van der Waals surface area (Å²) < 4.78 is 1.58. The Hall–Kier alpha value is -2.10. The van der Waals surface area contributed by atoms with Crippen molar-refractivity contribution in [1.82, 2.24) is 9.47 Å². The molecule has 1 aliphatic heterocycles. The minimum Gasteiger partial charge on any atom is -0.336 e. The zero-order chi connectivity index (χ0) is 15.7. The number of carbonyl (C=O) groups is 2. The van der Waals surface area contributed by atoms with Crippen LogP contribution in [0, 0.1) is 0 Å². The summed E-state index contributed by atoms with van der Waals surface area (Å²) in [6.45, 7) is 4.47. The molecule has 0 N–H and O–H groups in total. The van der Waals surface area contributed by atoms with Gasteiger partial charge in [0, 0.05) is 31.1 Å². The molecule has 116 valence electrons. The predicted molar refractivity (Wildman–Crippen MR) is 87.2 cm³/mol. The van der Waals surface area contributed by atoms with Gasteiger partial charge in [0.15, 0.2) is 0 Å². The van der Waals surface area contributed by atoms with E-state index in [-0.39, 0.29) is 11.8 Å². The zero-order valence-corrected chi connectivity index (χ0v) is 13.2. The van der Waals surface area contributed by atoms with Gasteiger partial charge in [-0.1, -0.05) is 25.1 Å². The van der Waals surface area contributed by atoms with Gasteiger partial charge in [0.2, 0.25) is 5.91 Å². The molecule has 1 amide bonds. The number of benzene rings is 1. The number of amides is 1. The van der Waals surface area contributed by atoms with E-state index >= 15 is 0 Å². The Morgan fingerprint density at radius 2 is 2.00 bits per heavy atom. The third kappa shape index (κ3) is 2.43. The predicted octanol–water partition coefficient (Wildman–Crippen LogP) is 3.71. The van der Waals surface area contributed by atoms with Crippen LogP contribution in [-0.2, 0) is 0 Å². The fourth-order valence-electron chi connectivity index (χ4n) is 3.46. The van der Waals surface area contributed by atoms with Gasteiger partial charge in [0.05, 0.1) is 11.1 Å². The van der Waals surface area contributed by atoms with E-state index in [0.717, 1.165) is 36.7 Å². The summed E-state index contributed by atoms with van der Waals surface area (Å²) in [5, 5.41) is 0.864. The van der Waals surface area contributed by atoms with Crippen LogP contribution in [0.15, 0.2) is 30.5 Å². The van der Waals surface area contributed by atoms with Crippen molar-refractivity contribution < 1.29 is 9.59 Å². The second kappa shape index (κ2) is 5.95. The molecule has 2 aromatic rings. The van der Waals surface area contributed by atoms with Gasteiger partial charge < -0.3 is 4.90 Å². The fourth-order valence-corrected chi connectivity index (χ4v) is 3.46. The number of likely N-dealkylation sites (tertiary alicyclic amines) is 1. The van der Waals surface area contributed by atoms with Crippen molar-refractivity contribution in [2.45, 2.75) is 45.6 Å². The number of hydrogen-bond donors (Lipinski definition) is 0. The maximum absolute atomic E-state index is 13.0. The Balaban J connectivity index is 2.05. The van der Waals surface area contributed by atoms with Crippen LogP contribution in [0.1, 0.15) is 54.7 Å². The molecule has 0 spiro atoms. The number of nitrogens with zero attached hydrogens (tertiary/aromatic N) is 2. The van der Waals surface area contributed by atoms with Gasteiger partial charge in [-0.3, -0.25) is 14.2 Å². The second-order valence-corrected chi connectivity index (χ2v) is 6.01. The van der Waals surface area contributed by atoms with Crippen LogP contribution in [0.25, 0.3) is 10.9 Å². The molecule has 1 aromatic heterocycles. The van der Waals surface area contributed by atoms with Crippen molar-refractivity contribution in [3.8, 4) is 0 Å². The van der Waals surface area contributed by atoms with Gasteiger partial charge in [0.1, 0.15) is 0 Å². The standard InChI is InChI=1S/C18H22N2O2/c1-3-14-8-6-7-11-19(14)18(22)16-12-20(13(2)21)17-10-5-4-9-15(16)17/h4-5,9-10,12,14H,3,6-8,11H2,1-2H3. The van der Waals surface area contributed by atoms with Crippen LogP contribution < -0.4 is 0 Å². The van der Waals surface area contributed by atoms with E-state index in [0.29, 0.717) is 11.6 Å². The Morgan fingerprint density at radius 3 is 2.73 bits per heavy atom. The van der Waals surface area contributed by atoms with E-state index in [1.165, 1.54) is 13.3 Å². The van der Waals surface area contributed by atoms with Crippen LogP contribution in [0.4, 0.5) is 0 Å². The topological polar surface area (TPSA) is 42.3 Å². The molecule has 2 heterocycles.